The van der Waals surface area contributed by atoms with Gasteiger partial charge in [-0.05, 0) is 18.6 Å². The lowest BCUT2D eigenvalue weighted by molar-refractivity contribution is -0.119. The van der Waals surface area contributed by atoms with Crippen LogP contribution in [0.5, 0.6) is 0 Å². The van der Waals surface area contributed by atoms with Crippen LogP contribution in [-0.2, 0) is 4.79 Å². The Morgan fingerprint density at radius 2 is 1.59 bits per heavy atom. The molecule has 0 aliphatic heterocycles. The second kappa shape index (κ2) is 7.83. The quantitative estimate of drug-likeness (QED) is 0.794. The molecule has 114 valence electrons. The first-order chi connectivity index (χ1) is 10.7. The number of para-hydroxylation sites is 1. The standard InChI is InChI=1S/C17H19N3O2/c1-2-18-16(21)12-19-17(22)20-15-11-7-6-10-14(15)13-8-4-3-5-9-13/h3-11H,2,12H2,1H3,(H,18,21)(H2,19,20,22). The number of nitrogens with one attached hydrogen (secondary N) is 3. The lowest BCUT2D eigenvalue weighted by Gasteiger charge is -2.12. The van der Waals surface area contributed by atoms with Crippen LogP contribution in [0, 0.1) is 0 Å². The summed E-state index contributed by atoms with van der Waals surface area (Å²) >= 11 is 0. The van der Waals surface area contributed by atoms with Crippen LogP contribution in [-0.4, -0.2) is 25.0 Å². The lowest BCUT2D eigenvalue weighted by atomic mass is 10.0. The summed E-state index contributed by atoms with van der Waals surface area (Å²) in [5.74, 6) is -0.214. The van der Waals surface area contributed by atoms with E-state index in [-0.39, 0.29) is 12.5 Å². The maximum absolute atomic E-state index is 11.9. The monoisotopic (exact) mass is 297 g/mol. The van der Waals surface area contributed by atoms with Gasteiger partial charge in [-0.2, -0.15) is 0 Å². The lowest BCUT2D eigenvalue weighted by Crippen LogP contribution is -2.38. The van der Waals surface area contributed by atoms with Gasteiger partial charge < -0.3 is 16.0 Å². The van der Waals surface area contributed by atoms with Crippen molar-refractivity contribution in [3.05, 3.63) is 54.6 Å². The van der Waals surface area contributed by atoms with E-state index in [1.807, 2.05) is 61.5 Å². The number of urea groups is 1. The summed E-state index contributed by atoms with van der Waals surface area (Å²) in [5, 5.41) is 7.93. The van der Waals surface area contributed by atoms with E-state index in [9.17, 15) is 9.59 Å². The van der Waals surface area contributed by atoms with Crippen LogP contribution in [0.4, 0.5) is 10.5 Å². The highest BCUT2D eigenvalue weighted by atomic mass is 16.2. The minimum Gasteiger partial charge on any atom is -0.355 e. The van der Waals surface area contributed by atoms with Gasteiger partial charge in [0.05, 0.1) is 12.2 Å². The van der Waals surface area contributed by atoms with E-state index in [0.717, 1.165) is 11.1 Å². The van der Waals surface area contributed by atoms with E-state index in [4.69, 9.17) is 0 Å². The van der Waals surface area contributed by atoms with E-state index in [1.54, 1.807) is 0 Å². The average molecular weight is 297 g/mol. The van der Waals surface area contributed by atoms with Crippen molar-refractivity contribution in [2.24, 2.45) is 0 Å². The van der Waals surface area contributed by atoms with E-state index >= 15 is 0 Å². The zero-order valence-electron chi connectivity index (χ0n) is 12.4. The molecule has 0 heterocycles. The topological polar surface area (TPSA) is 70.2 Å². The highest BCUT2D eigenvalue weighted by molar-refractivity contribution is 5.96. The summed E-state index contributed by atoms with van der Waals surface area (Å²) < 4.78 is 0. The third-order valence-corrected chi connectivity index (χ3v) is 3.04. The predicted molar refractivity (Wildman–Crippen MR) is 87.6 cm³/mol. The van der Waals surface area contributed by atoms with Crippen LogP contribution in [0.1, 0.15) is 6.92 Å². The first-order valence-electron chi connectivity index (χ1n) is 7.16. The molecule has 0 aliphatic carbocycles. The van der Waals surface area contributed by atoms with Crippen molar-refractivity contribution in [3.8, 4) is 11.1 Å². The van der Waals surface area contributed by atoms with Crippen LogP contribution in [0.25, 0.3) is 11.1 Å². The van der Waals surface area contributed by atoms with Gasteiger partial charge in [0.25, 0.3) is 0 Å². The molecule has 5 nitrogen and oxygen atoms in total. The molecule has 0 spiro atoms. The Labute approximate surface area is 129 Å². The molecule has 3 amide bonds. The van der Waals surface area contributed by atoms with Crippen molar-refractivity contribution in [2.75, 3.05) is 18.4 Å². The number of carbonyl (C=O) groups is 2. The Morgan fingerprint density at radius 1 is 0.909 bits per heavy atom. The van der Waals surface area contributed by atoms with Gasteiger partial charge in [0.15, 0.2) is 0 Å². The number of hydrogen-bond acceptors (Lipinski definition) is 2. The molecule has 0 fully saturated rings. The zero-order valence-corrected chi connectivity index (χ0v) is 12.4. The molecule has 0 unspecified atom stereocenters. The average Bonchev–Trinajstić information content (AvgIpc) is 2.55. The molecular weight excluding hydrogens is 278 g/mol. The summed E-state index contributed by atoms with van der Waals surface area (Å²) in [7, 11) is 0. The van der Waals surface area contributed by atoms with Gasteiger partial charge in [-0.3, -0.25) is 4.79 Å². The number of rotatable bonds is 5. The number of hydrogen-bond donors (Lipinski definition) is 3. The van der Waals surface area contributed by atoms with Crippen LogP contribution >= 0.6 is 0 Å². The molecule has 3 N–H and O–H groups in total. The Morgan fingerprint density at radius 3 is 2.32 bits per heavy atom. The van der Waals surface area contributed by atoms with Gasteiger partial charge in [0.1, 0.15) is 0 Å². The molecular formula is C17H19N3O2. The van der Waals surface area contributed by atoms with Crippen molar-refractivity contribution >= 4 is 17.6 Å². The highest BCUT2D eigenvalue weighted by Crippen LogP contribution is 2.27. The Balaban J connectivity index is 2.04. The molecule has 22 heavy (non-hydrogen) atoms. The van der Waals surface area contributed by atoms with Gasteiger partial charge in [-0.1, -0.05) is 48.5 Å². The van der Waals surface area contributed by atoms with E-state index in [2.05, 4.69) is 16.0 Å². The van der Waals surface area contributed by atoms with Crippen molar-refractivity contribution in [1.82, 2.24) is 10.6 Å². The fourth-order valence-electron chi connectivity index (χ4n) is 2.05. The smallest absolute Gasteiger partial charge is 0.319 e. The fraction of sp³-hybridized carbons (Fsp3) is 0.176. The highest BCUT2D eigenvalue weighted by Gasteiger charge is 2.08. The van der Waals surface area contributed by atoms with Crippen molar-refractivity contribution in [3.63, 3.8) is 0 Å². The SMILES string of the molecule is CCNC(=O)CNC(=O)Nc1ccccc1-c1ccccc1. The number of carbonyl (C=O) groups excluding carboxylic acids is 2. The molecule has 0 aliphatic rings. The van der Waals surface area contributed by atoms with Gasteiger partial charge in [-0.15, -0.1) is 0 Å². The molecule has 0 bridgehead atoms. The Hall–Kier alpha value is -2.82. The second-order valence-electron chi connectivity index (χ2n) is 4.67. The molecule has 0 atom stereocenters. The predicted octanol–water partition coefficient (Wildman–Crippen LogP) is 2.61. The number of benzene rings is 2. The second-order valence-corrected chi connectivity index (χ2v) is 4.67. The minimum atomic E-state index is -0.408. The Kier molecular flexibility index (Phi) is 5.54. The van der Waals surface area contributed by atoms with Gasteiger partial charge in [0.2, 0.25) is 5.91 Å². The zero-order chi connectivity index (χ0) is 15.8. The fourth-order valence-corrected chi connectivity index (χ4v) is 2.05. The summed E-state index contributed by atoms with van der Waals surface area (Å²) in [6.45, 7) is 2.32. The van der Waals surface area contributed by atoms with Gasteiger partial charge in [-0.25, -0.2) is 4.79 Å². The number of likely N-dealkylation sites (N-methyl/N-ethyl adjacent to an activating group) is 1. The summed E-state index contributed by atoms with van der Waals surface area (Å²) in [4.78, 5) is 23.2. The first-order valence-corrected chi connectivity index (χ1v) is 7.16. The summed E-state index contributed by atoms with van der Waals surface area (Å²) in [6, 6.07) is 16.9. The van der Waals surface area contributed by atoms with Gasteiger partial charge >= 0.3 is 6.03 Å². The number of amides is 3. The molecule has 0 saturated heterocycles. The molecule has 0 radical (unpaired) electrons. The van der Waals surface area contributed by atoms with Gasteiger partial charge in [0, 0.05) is 12.1 Å². The third-order valence-electron chi connectivity index (χ3n) is 3.04. The van der Waals surface area contributed by atoms with E-state index in [0.29, 0.717) is 12.2 Å². The number of anilines is 1. The third kappa shape index (κ3) is 4.34. The molecule has 0 saturated carbocycles. The van der Waals surface area contributed by atoms with Crippen LogP contribution in [0.15, 0.2) is 54.6 Å². The van der Waals surface area contributed by atoms with Crippen molar-refractivity contribution in [2.45, 2.75) is 6.92 Å². The van der Waals surface area contributed by atoms with Crippen LogP contribution in [0.2, 0.25) is 0 Å². The normalized spacial score (nSPS) is 9.86. The molecule has 2 aromatic rings. The molecule has 5 heteroatoms. The maximum atomic E-state index is 11.9. The largest absolute Gasteiger partial charge is 0.355 e. The van der Waals surface area contributed by atoms with E-state index in [1.165, 1.54) is 0 Å². The summed E-state index contributed by atoms with van der Waals surface area (Å²) in [6.07, 6.45) is 0. The first kappa shape index (κ1) is 15.6. The molecule has 0 aromatic heterocycles. The van der Waals surface area contributed by atoms with E-state index < -0.39 is 6.03 Å². The Bertz CT molecular complexity index is 641. The van der Waals surface area contributed by atoms with Crippen molar-refractivity contribution in [1.29, 1.82) is 0 Å². The molecule has 2 rings (SSSR count). The maximum Gasteiger partial charge on any atom is 0.319 e. The minimum absolute atomic E-state index is 0.0484. The van der Waals surface area contributed by atoms with Crippen molar-refractivity contribution < 1.29 is 9.59 Å². The van der Waals surface area contributed by atoms with Crippen LogP contribution in [0.3, 0.4) is 0 Å². The summed E-state index contributed by atoms with van der Waals surface area (Å²) in [5.41, 5.74) is 2.64. The van der Waals surface area contributed by atoms with Crippen LogP contribution < -0.4 is 16.0 Å². The molecule has 2 aromatic carbocycles.